The summed E-state index contributed by atoms with van der Waals surface area (Å²) in [6, 6.07) is 11.9. The van der Waals surface area contributed by atoms with Crippen LogP contribution in [0.2, 0.25) is 10.0 Å². The Morgan fingerprint density at radius 2 is 1.84 bits per heavy atom. The molecule has 1 fully saturated rings. The van der Waals surface area contributed by atoms with Crippen molar-refractivity contribution in [1.82, 2.24) is 10.6 Å². The molecule has 8 heteroatoms. The molecule has 4 rings (SSSR count). The maximum atomic E-state index is 13.4. The fourth-order valence-electron chi connectivity index (χ4n) is 3.82. The third-order valence-electron chi connectivity index (χ3n) is 5.46. The summed E-state index contributed by atoms with van der Waals surface area (Å²) in [5.74, 6) is 0.0718. The van der Waals surface area contributed by atoms with Gasteiger partial charge in [0, 0.05) is 35.1 Å². The third kappa shape index (κ3) is 5.70. The van der Waals surface area contributed by atoms with Gasteiger partial charge in [0.25, 0.3) is 5.91 Å². The fourth-order valence-corrected chi connectivity index (χ4v) is 4.12. The van der Waals surface area contributed by atoms with Crippen molar-refractivity contribution in [2.24, 2.45) is 0 Å². The highest BCUT2D eigenvalue weighted by Gasteiger charge is 2.23. The van der Waals surface area contributed by atoms with E-state index in [-0.39, 0.29) is 17.0 Å². The van der Waals surface area contributed by atoms with Crippen molar-refractivity contribution in [1.29, 1.82) is 0 Å². The predicted octanol–water partition coefficient (Wildman–Crippen LogP) is 5.59. The van der Waals surface area contributed by atoms with Crippen molar-refractivity contribution < 1.29 is 18.3 Å². The Kier molecular flexibility index (Phi) is 7.00. The number of amides is 1. The molecule has 31 heavy (non-hydrogen) atoms. The van der Waals surface area contributed by atoms with Crippen LogP contribution in [0.4, 0.5) is 4.39 Å². The van der Waals surface area contributed by atoms with E-state index in [0.29, 0.717) is 41.3 Å². The molecule has 0 bridgehead atoms. The Morgan fingerprint density at radius 1 is 1.06 bits per heavy atom. The van der Waals surface area contributed by atoms with Crippen LogP contribution in [0, 0.1) is 5.82 Å². The normalized spacial score (nSPS) is 18.8. The van der Waals surface area contributed by atoms with Crippen LogP contribution >= 0.6 is 23.2 Å². The van der Waals surface area contributed by atoms with Crippen LogP contribution < -0.4 is 15.4 Å². The van der Waals surface area contributed by atoms with E-state index in [1.165, 1.54) is 12.1 Å². The van der Waals surface area contributed by atoms with Crippen molar-refractivity contribution in [2.75, 3.05) is 13.2 Å². The zero-order valence-electron chi connectivity index (χ0n) is 16.8. The number of furan rings is 1. The van der Waals surface area contributed by atoms with Crippen LogP contribution in [0.5, 0.6) is 5.75 Å². The zero-order chi connectivity index (χ0) is 21.8. The van der Waals surface area contributed by atoms with Gasteiger partial charge in [0.2, 0.25) is 0 Å². The van der Waals surface area contributed by atoms with Crippen LogP contribution in [0.25, 0.3) is 11.0 Å². The number of fused-ring (bicyclic) bond motifs is 1. The lowest BCUT2D eigenvalue weighted by Crippen LogP contribution is -2.42. The Bertz CT molecular complexity index is 1060. The van der Waals surface area contributed by atoms with Gasteiger partial charge in [0.1, 0.15) is 23.8 Å². The molecule has 0 spiro atoms. The highest BCUT2D eigenvalue weighted by molar-refractivity contribution is 6.31. The van der Waals surface area contributed by atoms with Crippen molar-refractivity contribution in [2.45, 2.75) is 37.8 Å². The van der Waals surface area contributed by atoms with Gasteiger partial charge in [0.15, 0.2) is 5.76 Å². The highest BCUT2D eigenvalue weighted by Crippen LogP contribution is 2.24. The third-order valence-corrected chi connectivity index (χ3v) is 6.00. The van der Waals surface area contributed by atoms with E-state index >= 15 is 0 Å². The SMILES string of the molecule is O=C(N[C@H]1CC[C@H](NCCOc2ccc(Cl)c(F)c2)CC1)c1cc2cc(Cl)ccc2o1. The van der Waals surface area contributed by atoms with E-state index in [1.54, 1.807) is 30.3 Å². The first-order chi connectivity index (χ1) is 15.0. The molecule has 2 N–H and O–H groups in total. The van der Waals surface area contributed by atoms with Crippen LogP contribution in [-0.2, 0) is 0 Å². The lowest BCUT2D eigenvalue weighted by molar-refractivity contribution is 0.0898. The predicted molar refractivity (Wildman–Crippen MR) is 120 cm³/mol. The number of hydrogen-bond acceptors (Lipinski definition) is 4. The van der Waals surface area contributed by atoms with Gasteiger partial charge in [-0.25, -0.2) is 4.39 Å². The number of carbonyl (C=O) groups is 1. The van der Waals surface area contributed by atoms with E-state index in [9.17, 15) is 9.18 Å². The smallest absolute Gasteiger partial charge is 0.287 e. The minimum atomic E-state index is -0.487. The first kappa shape index (κ1) is 21.9. The lowest BCUT2D eigenvalue weighted by Gasteiger charge is -2.29. The van der Waals surface area contributed by atoms with E-state index in [2.05, 4.69) is 10.6 Å². The van der Waals surface area contributed by atoms with Crippen LogP contribution in [0.3, 0.4) is 0 Å². The number of nitrogens with one attached hydrogen (secondary N) is 2. The summed E-state index contributed by atoms with van der Waals surface area (Å²) in [7, 11) is 0. The number of halogens is 3. The minimum Gasteiger partial charge on any atom is -0.492 e. The van der Waals surface area contributed by atoms with E-state index < -0.39 is 5.82 Å². The van der Waals surface area contributed by atoms with Crippen molar-refractivity contribution >= 4 is 40.1 Å². The highest BCUT2D eigenvalue weighted by atomic mass is 35.5. The minimum absolute atomic E-state index is 0.0824. The molecule has 0 unspecified atom stereocenters. The van der Waals surface area contributed by atoms with Gasteiger partial charge >= 0.3 is 0 Å². The standard InChI is InChI=1S/C23H23Cl2FN2O3/c24-15-1-8-21-14(11-15)12-22(31-21)23(29)28-17-4-2-16(3-5-17)27-9-10-30-18-6-7-19(25)20(26)13-18/h1,6-8,11-13,16-17,27H,2-5,9-10H2,(H,28,29)/t16-,17-. The summed E-state index contributed by atoms with van der Waals surface area (Å²) in [5, 5.41) is 8.03. The molecule has 1 aliphatic rings. The molecule has 5 nitrogen and oxygen atoms in total. The summed E-state index contributed by atoms with van der Waals surface area (Å²) in [6.45, 7) is 1.10. The van der Waals surface area contributed by atoms with Crippen molar-refractivity contribution in [3.05, 3.63) is 64.1 Å². The summed E-state index contributed by atoms with van der Waals surface area (Å²) >= 11 is 11.7. The topological polar surface area (TPSA) is 63.5 Å². The fraction of sp³-hybridized carbons (Fsp3) is 0.348. The Morgan fingerprint density at radius 3 is 2.61 bits per heavy atom. The number of ether oxygens (including phenoxy) is 1. The number of benzene rings is 2. The van der Waals surface area contributed by atoms with E-state index in [0.717, 1.165) is 31.1 Å². The zero-order valence-corrected chi connectivity index (χ0v) is 18.3. The molecule has 3 aromatic rings. The van der Waals surface area contributed by atoms with Gasteiger partial charge in [0.05, 0.1) is 5.02 Å². The Balaban J connectivity index is 1.18. The maximum Gasteiger partial charge on any atom is 0.287 e. The van der Waals surface area contributed by atoms with E-state index in [1.807, 2.05) is 0 Å². The monoisotopic (exact) mass is 464 g/mol. The summed E-state index contributed by atoms with van der Waals surface area (Å²) in [5.41, 5.74) is 0.644. The number of carbonyl (C=O) groups excluding carboxylic acids is 1. The summed E-state index contributed by atoms with van der Waals surface area (Å²) < 4.78 is 24.6. The lowest BCUT2D eigenvalue weighted by atomic mass is 9.91. The Labute approximate surface area is 189 Å². The molecule has 1 aromatic heterocycles. The Hall–Kier alpha value is -2.28. The molecular formula is C23H23Cl2FN2O3. The van der Waals surface area contributed by atoms with Crippen LogP contribution in [0.15, 0.2) is 46.9 Å². The molecule has 0 aliphatic heterocycles. The second kappa shape index (κ2) is 9.90. The average Bonchev–Trinajstić information content (AvgIpc) is 3.18. The van der Waals surface area contributed by atoms with Gasteiger partial charge in [-0.15, -0.1) is 0 Å². The summed E-state index contributed by atoms with van der Waals surface area (Å²) in [4.78, 5) is 12.5. The average molecular weight is 465 g/mol. The molecule has 0 atom stereocenters. The quantitative estimate of drug-likeness (QED) is 0.447. The van der Waals surface area contributed by atoms with Gasteiger partial charge in [-0.05, 0) is 62.1 Å². The van der Waals surface area contributed by atoms with Crippen LogP contribution in [-0.4, -0.2) is 31.1 Å². The molecule has 1 aliphatic carbocycles. The van der Waals surface area contributed by atoms with Gasteiger partial charge in [-0.2, -0.15) is 0 Å². The number of hydrogen-bond donors (Lipinski definition) is 2. The molecule has 0 saturated heterocycles. The first-order valence-corrected chi connectivity index (χ1v) is 11.0. The molecule has 1 heterocycles. The summed E-state index contributed by atoms with van der Waals surface area (Å²) in [6.07, 6.45) is 3.68. The molecule has 1 amide bonds. The van der Waals surface area contributed by atoms with Crippen LogP contribution in [0.1, 0.15) is 36.2 Å². The van der Waals surface area contributed by atoms with Crippen molar-refractivity contribution in [3.8, 4) is 5.75 Å². The van der Waals surface area contributed by atoms with Gasteiger partial charge < -0.3 is 19.8 Å². The molecule has 164 valence electrons. The maximum absolute atomic E-state index is 13.4. The second-order valence-electron chi connectivity index (χ2n) is 7.69. The van der Waals surface area contributed by atoms with Crippen molar-refractivity contribution in [3.63, 3.8) is 0 Å². The molecule has 0 radical (unpaired) electrons. The first-order valence-electron chi connectivity index (χ1n) is 10.3. The second-order valence-corrected chi connectivity index (χ2v) is 8.54. The number of rotatable bonds is 7. The largest absolute Gasteiger partial charge is 0.492 e. The molecule has 2 aromatic carbocycles. The van der Waals surface area contributed by atoms with E-state index in [4.69, 9.17) is 32.4 Å². The van der Waals surface area contributed by atoms with Gasteiger partial charge in [-0.3, -0.25) is 4.79 Å². The molecular weight excluding hydrogens is 442 g/mol. The van der Waals surface area contributed by atoms with Gasteiger partial charge in [-0.1, -0.05) is 23.2 Å². The molecule has 1 saturated carbocycles.